The van der Waals surface area contributed by atoms with Crippen molar-refractivity contribution >= 4 is 23.3 Å². The van der Waals surface area contributed by atoms with Gasteiger partial charge in [0.1, 0.15) is 5.84 Å². The molecule has 1 unspecified atom stereocenters. The van der Waals surface area contributed by atoms with E-state index in [1.807, 2.05) is 6.92 Å². The van der Waals surface area contributed by atoms with Crippen molar-refractivity contribution < 1.29 is 9.90 Å². The lowest BCUT2D eigenvalue weighted by molar-refractivity contribution is 0.0558. The van der Waals surface area contributed by atoms with E-state index in [-0.39, 0.29) is 11.3 Å². The maximum atomic E-state index is 12.9. The molecule has 5 nitrogen and oxygen atoms in total. The summed E-state index contributed by atoms with van der Waals surface area (Å²) in [7, 11) is 1.81. The zero-order chi connectivity index (χ0) is 17.6. The quantitative estimate of drug-likeness (QED) is 0.849. The highest BCUT2D eigenvalue weighted by Gasteiger charge is 2.41. The van der Waals surface area contributed by atoms with Crippen molar-refractivity contribution in [1.82, 2.24) is 9.80 Å². The summed E-state index contributed by atoms with van der Waals surface area (Å²) in [5.41, 5.74) is 1.96. The van der Waals surface area contributed by atoms with Crippen molar-refractivity contribution in [3.05, 3.63) is 46.1 Å². The van der Waals surface area contributed by atoms with Crippen molar-refractivity contribution in [2.45, 2.75) is 27.0 Å². The lowest BCUT2D eigenvalue weighted by Crippen LogP contribution is -2.52. The standard InChI is InChI=1S/C18H22ClN3O2/c1-11-20-15-14(17(24)21(11)4)9-22(10-18(15,2)3)16(23)12-5-7-13(19)8-6-12/h5-8,17,24H,9-10H2,1-4H3. The molecule has 0 bridgehead atoms. The maximum Gasteiger partial charge on any atom is 0.254 e. The van der Waals surface area contributed by atoms with Crippen LogP contribution in [0.3, 0.4) is 0 Å². The molecule has 1 aromatic carbocycles. The highest BCUT2D eigenvalue weighted by molar-refractivity contribution is 6.30. The van der Waals surface area contributed by atoms with Crippen LogP contribution in [0, 0.1) is 5.41 Å². The first-order valence-electron chi connectivity index (χ1n) is 7.95. The van der Waals surface area contributed by atoms with E-state index >= 15 is 0 Å². The van der Waals surface area contributed by atoms with Crippen molar-refractivity contribution in [2.24, 2.45) is 10.4 Å². The normalized spacial score (nSPS) is 23.1. The summed E-state index contributed by atoms with van der Waals surface area (Å²) in [4.78, 5) is 21.0. The molecule has 2 aliphatic rings. The summed E-state index contributed by atoms with van der Waals surface area (Å²) in [5, 5.41) is 11.2. The van der Waals surface area contributed by atoms with Crippen LogP contribution in [0.25, 0.3) is 0 Å². The van der Waals surface area contributed by atoms with E-state index in [2.05, 4.69) is 18.8 Å². The molecule has 128 valence electrons. The van der Waals surface area contributed by atoms with Crippen molar-refractivity contribution in [3.63, 3.8) is 0 Å². The second kappa shape index (κ2) is 5.90. The van der Waals surface area contributed by atoms with E-state index in [1.54, 1.807) is 41.1 Å². The molecule has 1 N–H and O–H groups in total. The number of aliphatic imine (C=N–C) groups is 1. The first-order valence-corrected chi connectivity index (χ1v) is 8.33. The molecule has 3 rings (SSSR count). The zero-order valence-electron chi connectivity index (χ0n) is 14.4. The third-order valence-corrected chi connectivity index (χ3v) is 4.99. The van der Waals surface area contributed by atoms with Gasteiger partial charge in [-0.2, -0.15) is 0 Å². The Hall–Kier alpha value is -1.85. The molecule has 1 aromatic rings. The van der Waals surface area contributed by atoms with Crippen LogP contribution in [0.1, 0.15) is 31.1 Å². The van der Waals surface area contributed by atoms with Gasteiger partial charge in [-0.1, -0.05) is 25.4 Å². The number of benzene rings is 1. The highest BCUT2D eigenvalue weighted by atomic mass is 35.5. The van der Waals surface area contributed by atoms with Crippen LogP contribution in [0.4, 0.5) is 0 Å². The highest BCUT2D eigenvalue weighted by Crippen LogP contribution is 2.39. The summed E-state index contributed by atoms with van der Waals surface area (Å²) in [6.07, 6.45) is -0.752. The van der Waals surface area contributed by atoms with Crippen molar-refractivity contribution in [1.29, 1.82) is 0 Å². The number of likely N-dealkylation sites (N-methyl/N-ethyl adjacent to an activating group) is 1. The first kappa shape index (κ1) is 17.0. The number of aliphatic hydroxyl groups excluding tert-OH is 1. The topological polar surface area (TPSA) is 56.1 Å². The molecule has 0 radical (unpaired) electrons. The Morgan fingerprint density at radius 2 is 1.96 bits per heavy atom. The zero-order valence-corrected chi connectivity index (χ0v) is 15.1. The number of nitrogens with zero attached hydrogens (tertiary/aromatic N) is 3. The van der Waals surface area contributed by atoms with Gasteiger partial charge in [0.2, 0.25) is 0 Å². The molecule has 2 heterocycles. The SMILES string of the molecule is CC1=NC2=C(CN(C(=O)c3ccc(Cl)cc3)CC2(C)C)C(O)N1C. The number of amides is 1. The molecule has 1 amide bonds. The van der Waals surface area contributed by atoms with Gasteiger partial charge in [0, 0.05) is 41.7 Å². The number of rotatable bonds is 1. The molecule has 0 saturated heterocycles. The molecule has 0 aliphatic carbocycles. The Morgan fingerprint density at radius 3 is 2.58 bits per heavy atom. The van der Waals surface area contributed by atoms with Crippen LogP contribution < -0.4 is 0 Å². The molecule has 2 aliphatic heterocycles. The number of amidine groups is 1. The second-order valence-electron chi connectivity index (χ2n) is 7.07. The van der Waals surface area contributed by atoms with Crippen LogP contribution in [-0.4, -0.2) is 53.0 Å². The van der Waals surface area contributed by atoms with E-state index in [4.69, 9.17) is 11.6 Å². The van der Waals surface area contributed by atoms with Crippen LogP contribution in [0.15, 0.2) is 40.5 Å². The van der Waals surface area contributed by atoms with Gasteiger partial charge in [-0.3, -0.25) is 4.79 Å². The number of carbonyl (C=O) groups excluding carboxylic acids is 1. The Morgan fingerprint density at radius 1 is 1.33 bits per heavy atom. The maximum absolute atomic E-state index is 12.9. The summed E-state index contributed by atoms with van der Waals surface area (Å²) in [6, 6.07) is 6.89. The predicted molar refractivity (Wildman–Crippen MR) is 95.0 cm³/mol. The number of hydrogen-bond donors (Lipinski definition) is 1. The van der Waals surface area contributed by atoms with Crippen molar-refractivity contribution in [3.8, 4) is 0 Å². The minimum atomic E-state index is -0.752. The fourth-order valence-corrected chi connectivity index (χ4v) is 3.45. The van der Waals surface area contributed by atoms with E-state index in [1.165, 1.54) is 0 Å². The number of carbonyl (C=O) groups is 1. The van der Waals surface area contributed by atoms with Gasteiger partial charge in [0.25, 0.3) is 5.91 Å². The molecule has 0 saturated carbocycles. The van der Waals surface area contributed by atoms with E-state index < -0.39 is 6.23 Å². The summed E-state index contributed by atoms with van der Waals surface area (Å²) >= 11 is 5.90. The first-order chi connectivity index (χ1) is 11.2. The third-order valence-electron chi connectivity index (χ3n) is 4.73. The number of aliphatic hydroxyl groups is 1. The largest absolute Gasteiger partial charge is 0.369 e. The van der Waals surface area contributed by atoms with Gasteiger partial charge in [-0.25, -0.2) is 4.99 Å². The monoisotopic (exact) mass is 347 g/mol. The summed E-state index contributed by atoms with van der Waals surface area (Å²) in [6.45, 7) is 6.92. The minimum absolute atomic E-state index is 0.0626. The van der Waals surface area contributed by atoms with Gasteiger partial charge in [0.15, 0.2) is 6.23 Å². The van der Waals surface area contributed by atoms with Gasteiger partial charge >= 0.3 is 0 Å². The predicted octanol–water partition coefficient (Wildman–Crippen LogP) is 2.76. The molecule has 0 aromatic heterocycles. The number of hydrogen-bond acceptors (Lipinski definition) is 4. The van der Waals surface area contributed by atoms with Gasteiger partial charge < -0.3 is 14.9 Å². The fraction of sp³-hybridized carbons (Fsp3) is 0.444. The van der Waals surface area contributed by atoms with E-state index in [9.17, 15) is 9.90 Å². The smallest absolute Gasteiger partial charge is 0.254 e. The Kier molecular flexibility index (Phi) is 4.18. The molecule has 0 spiro atoms. The van der Waals surface area contributed by atoms with Gasteiger partial charge in [-0.15, -0.1) is 0 Å². The number of halogens is 1. The van der Waals surface area contributed by atoms with E-state index in [0.717, 1.165) is 17.1 Å². The lowest BCUT2D eigenvalue weighted by atomic mass is 9.81. The molecular weight excluding hydrogens is 326 g/mol. The van der Waals surface area contributed by atoms with Crippen LogP contribution >= 0.6 is 11.6 Å². The molecular formula is C18H22ClN3O2. The fourth-order valence-electron chi connectivity index (χ4n) is 3.32. The Balaban J connectivity index is 1.95. The molecule has 0 fully saturated rings. The second-order valence-corrected chi connectivity index (χ2v) is 7.51. The van der Waals surface area contributed by atoms with Crippen molar-refractivity contribution in [2.75, 3.05) is 20.1 Å². The summed E-state index contributed by atoms with van der Waals surface area (Å²) in [5.74, 6) is 0.722. The average Bonchev–Trinajstić information content (AvgIpc) is 2.53. The van der Waals surface area contributed by atoms with Gasteiger partial charge in [-0.05, 0) is 31.2 Å². The molecule has 6 heteroatoms. The van der Waals surface area contributed by atoms with Crippen LogP contribution in [-0.2, 0) is 0 Å². The Labute approximate surface area is 147 Å². The Bertz CT molecular complexity index is 737. The molecule has 24 heavy (non-hydrogen) atoms. The molecule has 1 atom stereocenters. The average molecular weight is 348 g/mol. The van der Waals surface area contributed by atoms with Crippen LogP contribution in [0.2, 0.25) is 5.02 Å². The third kappa shape index (κ3) is 2.82. The minimum Gasteiger partial charge on any atom is -0.369 e. The van der Waals surface area contributed by atoms with E-state index in [0.29, 0.717) is 23.7 Å². The lowest BCUT2D eigenvalue weighted by Gasteiger charge is -2.45. The van der Waals surface area contributed by atoms with Gasteiger partial charge in [0.05, 0.1) is 5.70 Å². The summed E-state index contributed by atoms with van der Waals surface area (Å²) < 4.78 is 0. The van der Waals surface area contributed by atoms with Crippen LogP contribution in [0.5, 0.6) is 0 Å².